The van der Waals surface area contributed by atoms with E-state index < -0.39 is 14.9 Å². The Morgan fingerprint density at radius 3 is 2.36 bits per heavy atom. The zero-order valence-electron chi connectivity index (χ0n) is 13.3. The number of non-ortho nitro benzene ring substituents is 1. The summed E-state index contributed by atoms with van der Waals surface area (Å²) in [5, 5.41) is 13.9. The lowest BCUT2D eigenvalue weighted by atomic mass is 10.0. The molecular formula is C14H19ClN4O5S. The van der Waals surface area contributed by atoms with E-state index in [0.29, 0.717) is 26.2 Å². The SMILES string of the molecule is Cl.O=C(C1CNC1)N1CCN(S(=O)(=O)c2cccc([N+](=O)[O-])c2)CC1. The fourth-order valence-corrected chi connectivity index (χ4v) is 4.24. The van der Waals surface area contributed by atoms with E-state index in [-0.39, 0.29) is 47.9 Å². The van der Waals surface area contributed by atoms with Gasteiger partial charge in [-0.25, -0.2) is 8.42 Å². The molecular weight excluding hydrogens is 372 g/mol. The van der Waals surface area contributed by atoms with Gasteiger partial charge >= 0.3 is 0 Å². The van der Waals surface area contributed by atoms with Crippen LogP contribution >= 0.6 is 12.4 Å². The number of rotatable bonds is 4. The minimum atomic E-state index is -3.80. The quantitative estimate of drug-likeness (QED) is 0.575. The lowest BCUT2D eigenvalue weighted by molar-refractivity contribution is -0.385. The summed E-state index contributed by atoms with van der Waals surface area (Å²) in [5.41, 5.74) is -0.262. The molecule has 2 heterocycles. The maximum Gasteiger partial charge on any atom is 0.270 e. The molecule has 2 saturated heterocycles. The molecule has 0 bridgehead atoms. The normalized spacial score (nSPS) is 19.0. The van der Waals surface area contributed by atoms with Crippen LogP contribution in [-0.2, 0) is 14.8 Å². The van der Waals surface area contributed by atoms with Crippen LogP contribution in [0.1, 0.15) is 0 Å². The van der Waals surface area contributed by atoms with Gasteiger partial charge in [0.25, 0.3) is 5.69 Å². The van der Waals surface area contributed by atoms with Crippen molar-refractivity contribution in [1.29, 1.82) is 0 Å². The second kappa shape index (κ2) is 7.65. The number of carbonyl (C=O) groups is 1. The number of piperazine rings is 1. The van der Waals surface area contributed by atoms with Crippen molar-refractivity contribution in [3.63, 3.8) is 0 Å². The van der Waals surface area contributed by atoms with Crippen LogP contribution in [0.5, 0.6) is 0 Å². The number of sulfonamides is 1. The Hall–Kier alpha value is -1.75. The summed E-state index contributed by atoms with van der Waals surface area (Å²) in [7, 11) is -3.80. The lowest BCUT2D eigenvalue weighted by Crippen LogP contribution is -2.57. The van der Waals surface area contributed by atoms with E-state index in [2.05, 4.69) is 5.32 Å². The molecule has 1 N–H and O–H groups in total. The second-order valence-corrected chi connectivity index (χ2v) is 7.78. The van der Waals surface area contributed by atoms with E-state index in [0.717, 1.165) is 6.07 Å². The Labute approximate surface area is 151 Å². The molecule has 9 nitrogen and oxygen atoms in total. The van der Waals surface area contributed by atoms with E-state index in [9.17, 15) is 23.3 Å². The number of nitro groups is 1. The standard InChI is InChI=1S/C14H18N4O5S.ClH/c19-14(11-9-15-10-11)16-4-6-17(7-5-16)24(22,23)13-3-1-2-12(8-13)18(20)21;/h1-3,8,11,15H,4-7,9-10H2;1H. The topological polar surface area (TPSA) is 113 Å². The van der Waals surface area contributed by atoms with Gasteiger partial charge in [-0.2, -0.15) is 4.31 Å². The Morgan fingerprint density at radius 1 is 1.20 bits per heavy atom. The molecule has 2 aliphatic rings. The van der Waals surface area contributed by atoms with Crippen LogP contribution in [0, 0.1) is 16.0 Å². The van der Waals surface area contributed by atoms with E-state index >= 15 is 0 Å². The molecule has 0 aliphatic carbocycles. The van der Waals surface area contributed by atoms with Gasteiger partial charge in [0.05, 0.1) is 15.7 Å². The number of halogens is 1. The summed E-state index contributed by atoms with van der Waals surface area (Å²) < 4.78 is 26.5. The predicted molar refractivity (Wildman–Crippen MR) is 92.0 cm³/mol. The van der Waals surface area contributed by atoms with Crippen LogP contribution in [0.4, 0.5) is 5.69 Å². The molecule has 1 amide bonds. The predicted octanol–water partition coefficient (Wildman–Crippen LogP) is 0.0689. The minimum absolute atomic E-state index is 0. The summed E-state index contributed by atoms with van der Waals surface area (Å²) in [6.07, 6.45) is 0. The smallest absolute Gasteiger partial charge is 0.270 e. The zero-order chi connectivity index (χ0) is 17.3. The van der Waals surface area contributed by atoms with Gasteiger partial charge in [-0.3, -0.25) is 14.9 Å². The number of hydrogen-bond acceptors (Lipinski definition) is 6. The first-order valence-corrected chi connectivity index (χ1v) is 9.08. The zero-order valence-corrected chi connectivity index (χ0v) is 15.0. The molecule has 0 atom stereocenters. The second-order valence-electron chi connectivity index (χ2n) is 5.84. The first kappa shape index (κ1) is 19.6. The molecule has 2 fully saturated rings. The molecule has 1 aromatic carbocycles. The summed E-state index contributed by atoms with van der Waals surface area (Å²) >= 11 is 0. The van der Waals surface area contributed by atoms with Gasteiger partial charge in [-0.05, 0) is 6.07 Å². The van der Waals surface area contributed by atoms with Crippen molar-refractivity contribution in [3.8, 4) is 0 Å². The first-order chi connectivity index (χ1) is 11.4. The number of carbonyl (C=O) groups excluding carboxylic acids is 1. The van der Waals surface area contributed by atoms with Crippen molar-refractivity contribution in [1.82, 2.24) is 14.5 Å². The number of nitrogens with one attached hydrogen (secondary N) is 1. The fourth-order valence-electron chi connectivity index (χ4n) is 2.78. The van der Waals surface area contributed by atoms with Crippen LogP contribution in [0.3, 0.4) is 0 Å². The average molecular weight is 391 g/mol. The van der Waals surface area contributed by atoms with Gasteiger partial charge in [0.15, 0.2) is 0 Å². The van der Waals surface area contributed by atoms with Crippen molar-refractivity contribution in [3.05, 3.63) is 34.4 Å². The van der Waals surface area contributed by atoms with Gasteiger partial charge < -0.3 is 10.2 Å². The van der Waals surface area contributed by atoms with Gasteiger partial charge in [-0.15, -0.1) is 12.4 Å². The van der Waals surface area contributed by atoms with Crippen molar-refractivity contribution in [2.75, 3.05) is 39.3 Å². The van der Waals surface area contributed by atoms with Gasteiger partial charge in [0.2, 0.25) is 15.9 Å². The Bertz CT molecular complexity index is 760. The average Bonchev–Trinajstić information content (AvgIpc) is 2.53. The molecule has 25 heavy (non-hydrogen) atoms. The molecule has 1 aromatic rings. The fraction of sp³-hybridized carbons (Fsp3) is 0.500. The third kappa shape index (κ3) is 3.92. The summed E-state index contributed by atoms with van der Waals surface area (Å²) in [6, 6.07) is 5.02. The first-order valence-electron chi connectivity index (χ1n) is 7.64. The van der Waals surface area contributed by atoms with Crippen LogP contribution in [0.25, 0.3) is 0 Å². The third-order valence-corrected chi connectivity index (χ3v) is 6.24. The van der Waals surface area contributed by atoms with E-state index in [1.165, 1.54) is 22.5 Å². The maximum atomic E-state index is 12.6. The van der Waals surface area contributed by atoms with Crippen molar-refractivity contribution in [2.24, 2.45) is 5.92 Å². The number of benzene rings is 1. The highest BCUT2D eigenvalue weighted by molar-refractivity contribution is 7.89. The highest BCUT2D eigenvalue weighted by atomic mass is 35.5. The van der Waals surface area contributed by atoms with Crippen molar-refractivity contribution in [2.45, 2.75) is 4.90 Å². The largest absolute Gasteiger partial charge is 0.340 e. The molecule has 3 rings (SSSR count). The van der Waals surface area contributed by atoms with E-state index in [4.69, 9.17) is 0 Å². The molecule has 0 aromatic heterocycles. The van der Waals surface area contributed by atoms with Crippen molar-refractivity contribution < 1.29 is 18.1 Å². The van der Waals surface area contributed by atoms with E-state index in [1.807, 2.05) is 0 Å². The molecule has 138 valence electrons. The number of nitro benzene ring substituents is 1. The lowest BCUT2D eigenvalue weighted by Gasteiger charge is -2.37. The van der Waals surface area contributed by atoms with Gasteiger partial charge in [0.1, 0.15) is 0 Å². The Morgan fingerprint density at radius 2 is 1.84 bits per heavy atom. The van der Waals surface area contributed by atoms with Crippen LogP contribution < -0.4 is 5.32 Å². The highest BCUT2D eigenvalue weighted by Crippen LogP contribution is 2.22. The number of amides is 1. The van der Waals surface area contributed by atoms with Gasteiger partial charge in [0, 0.05) is 51.4 Å². The molecule has 0 saturated carbocycles. The molecule has 2 aliphatic heterocycles. The molecule has 0 spiro atoms. The third-order valence-electron chi connectivity index (χ3n) is 4.35. The molecule has 0 radical (unpaired) electrons. The van der Waals surface area contributed by atoms with E-state index in [1.54, 1.807) is 4.90 Å². The summed E-state index contributed by atoms with van der Waals surface area (Å²) in [6.45, 7) is 2.40. The maximum absolute atomic E-state index is 12.6. The van der Waals surface area contributed by atoms with Gasteiger partial charge in [-0.1, -0.05) is 6.07 Å². The number of hydrogen-bond donors (Lipinski definition) is 1. The van der Waals surface area contributed by atoms with Crippen LogP contribution in [0.2, 0.25) is 0 Å². The van der Waals surface area contributed by atoms with Crippen LogP contribution in [0.15, 0.2) is 29.2 Å². The Kier molecular flexibility index (Phi) is 5.99. The van der Waals surface area contributed by atoms with Crippen LogP contribution in [-0.4, -0.2) is 67.7 Å². The number of nitrogens with zero attached hydrogens (tertiary/aromatic N) is 3. The minimum Gasteiger partial charge on any atom is -0.340 e. The summed E-state index contributed by atoms with van der Waals surface area (Å²) in [5.74, 6) is 0.0473. The monoisotopic (exact) mass is 390 g/mol. The molecule has 11 heteroatoms. The highest BCUT2D eigenvalue weighted by Gasteiger charge is 2.34. The van der Waals surface area contributed by atoms with Crippen molar-refractivity contribution >= 4 is 34.0 Å². The summed E-state index contributed by atoms with van der Waals surface area (Å²) in [4.78, 5) is 24.0. The molecule has 0 unspecified atom stereocenters. The Balaban J connectivity index is 0.00000225.